The molecule has 0 aliphatic carbocycles. The summed E-state index contributed by atoms with van der Waals surface area (Å²) in [6.45, 7) is 0.896. The maximum atomic E-state index is 12.7. The van der Waals surface area contributed by atoms with Gasteiger partial charge in [0.15, 0.2) is 17.7 Å². The average Bonchev–Trinajstić information content (AvgIpc) is 3.71. The normalized spacial score (nSPS) is 21.0. The first-order valence-electron chi connectivity index (χ1n) is 17.4. The van der Waals surface area contributed by atoms with E-state index in [2.05, 4.69) is 39.7 Å². The van der Waals surface area contributed by atoms with Crippen LogP contribution in [0.4, 0.5) is 10.6 Å². The number of ether oxygens (including phenoxy) is 1. The lowest BCUT2D eigenvalue weighted by Gasteiger charge is -2.30. The Morgan fingerprint density at radius 3 is 2.37 bits per heavy atom. The van der Waals surface area contributed by atoms with Gasteiger partial charge in [-0.15, -0.1) is 0 Å². The lowest BCUT2D eigenvalue weighted by molar-refractivity contribution is -0.137. The molecule has 3 aromatic rings. The molecule has 1 fully saturated rings. The van der Waals surface area contributed by atoms with Crippen molar-refractivity contribution >= 4 is 69.3 Å². The van der Waals surface area contributed by atoms with E-state index in [0.29, 0.717) is 18.7 Å². The number of aliphatic hydroxyl groups is 2. The topological polar surface area (TPSA) is 376 Å². The Hall–Kier alpha value is -3.42. The number of aromatic nitrogens is 4. The third-order valence-electron chi connectivity index (χ3n) is 8.26. The number of hydrogen-bond donors (Lipinski definition) is 10. The van der Waals surface area contributed by atoms with Crippen molar-refractivity contribution in [1.29, 1.82) is 0 Å². The van der Waals surface area contributed by atoms with E-state index in [0.717, 1.165) is 34.5 Å². The van der Waals surface area contributed by atoms with Crippen molar-refractivity contribution in [3.05, 3.63) is 48.5 Å². The summed E-state index contributed by atoms with van der Waals surface area (Å²) in [7, 11) is -16.4. The largest absolute Gasteiger partial charge is 0.481 e. The first kappa shape index (κ1) is 48.2. The molecular formula is C30H45N8O17P3S. The van der Waals surface area contributed by atoms with Crippen molar-refractivity contribution in [3.63, 3.8) is 0 Å². The lowest BCUT2D eigenvalue weighted by atomic mass is 9.87. The molecular weight excluding hydrogens is 869 g/mol. The Labute approximate surface area is 340 Å². The number of nitrogen functional groups attached to an aromatic ring is 1. The quantitative estimate of drug-likeness (QED) is 0.0471. The van der Waals surface area contributed by atoms with Crippen LogP contribution in [0.2, 0.25) is 0 Å². The van der Waals surface area contributed by atoms with Crippen LogP contribution in [0.25, 0.3) is 11.2 Å². The zero-order chi connectivity index (χ0) is 43.6. The molecule has 1 aromatic carbocycles. The molecule has 1 aliphatic heterocycles. The fourth-order valence-corrected chi connectivity index (χ4v) is 8.70. The van der Waals surface area contributed by atoms with Gasteiger partial charge in [-0.2, -0.15) is 4.31 Å². The number of anilines is 1. The van der Waals surface area contributed by atoms with Gasteiger partial charge in [0.25, 0.3) is 5.24 Å². The molecule has 7 atom stereocenters. The molecule has 11 N–H and O–H groups in total. The molecule has 0 saturated carbocycles. The third-order valence-corrected chi connectivity index (χ3v) is 12.2. The number of phosphoric acid groups is 3. The third kappa shape index (κ3) is 14.9. The number of benzene rings is 1. The summed E-state index contributed by atoms with van der Waals surface area (Å²) in [6.07, 6.45) is -6.28. The molecule has 59 heavy (non-hydrogen) atoms. The van der Waals surface area contributed by atoms with Gasteiger partial charge in [0, 0.05) is 37.2 Å². The number of rotatable bonds is 22. The summed E-state index contributed by atoms with van der Waals surface area (Å²) < 4.78 is 62.2. The molecule has 3 heterocycles. The summed E-state index contributed by atoms with van der Waals surface area (Å²) in [5, 5.41) is 28.9. The molecule has 328 valence electrons. The van der Waals surface area contributed by atoms with Crippen LogP contribution in [0.3, 0.4) is 0 Å². The molecule has 0 radical (unpaired) electrons. The van der Waals surface area contributed by atoms with E-state index in [1.807, 2.05) is 30.3 Å². The highest BCUT2D eigenvalue weighted by atomic mass is 32.2. The summed E-state index contributed by atoms with van der Waals surface area (Å²) in [6, 6.07) is 9.62. The Balaban J connectivity index is 1.19. The molecule has 1 saturated heterocycles. The van der Waals surface area contributed by atoms with Crippen LogP contribution < -0.4 is 21.7 Å². The Morgan fingerprint density at radius 1 is 0.983 bits per heavy atom. The van der Waals surface area contributed by atoms with E-state index in [1.165, 1.54) is 13.8 Å². The van der Waals surface area contributed by atoms with Crippen LogP contribution in [0.15, 0.2) is 43.0 Å². The van der Waals surface area contributed by atoms with Gasteiger partial charge in [-0.3, -0.25) is 32.5 Å². The number of thioether (sulfide) groups is 1. The zero-order valence-corrected chi connectivity index (χ0v) is 34.9. The van der Waals surface area contributed by atoms with Gasteiger partial charge in [-0.1, -0.05) is 55.9 Å². The smallest absolute Gasteiger partial charge is 0.386 e. The number of amides is 3. The summed E-state index contributed by atoms with van der Waals surface area (Å²) in [5.41, 5.74) is 5.34. The van der Waals surface area contributed by atoms with Gasteiger partial charge < -0.3 is 56.2 Å². The Kier molecular flexibility index (Phi) is 17.1. The highest BCUT2D eigenvalue weighted by Crippen LogP contribution is 2.61. The fraction of sp³-hybridized carbons (Fsp3) is 0.533. The second-order valence-electron chi connectivity index (χ2n) is 13.4. The summed E-state index contributed by atoms with van der Waals surface area (Å²) >= 11 is 0.994. The number of carbonyl (C=O) groups is 3. The van der Waals surface area contributed by atoms with E-state index in [4.69, 9.17) is 19.5 Å². The van der Waals surface area contributed by atoms with Crippen LogP contribution in [0.5, 0.6) is 0 Å². The minimum Gasteiger partial charge on any atom is -0.386 e. The Bertz CT molecular complexity index is 2060. The molecule has 2 aromatic heterocycles. The van der Waals surface area contributed by atoms with Crippen molar-refractivity contribution in [2.24, 2.45) is 5.41 Å². The zero-order valence-electron chi connectivity index (χ0n) is 31.4. The predicted octanol–water partition coefficient (Wildman–Crippen LogP) is 0.0904. The highest BCUT2D eigenvalue weighted by Gasteiger charge is 2.50. The van der Waals surface area contributed by atoms with Gasteiger partial charge in [0.2, 0.25) is 11.8 Å². The van der Waals surface area contributed by atoms with Gasteiger partial charge in [-0.05, 0) is 12.0 Å². The van der Waals surface area contributed by atoms with E-state index in [-0.39, 0.29) is 41.7 Å². The number of phosphoric ester groups is 3. The van der Waals surface area contributed by atoms with Gasteiger partial charge in [-0.25, -0.2) is 28.6 Å². The number of nitrogens with two attached hydrogens (primary N) is 1. The second-order valence-corrected chi connectivity index (χ2v) is 18.7. The van der Waals surface area contributed by atoms with Crippen molar-refractivity contribution < 1.29 is 80.5 Å². The second kappa shape index (κ2) is 20.9. The van der Waals surface area contributed by atoms with Crippen LogP contribution in [-0.4, -0.2) is 129 Å². The van der Waals surface area contributed by atoms with Crippen LogP contribution in [0.1, 0.15) is 32.1 Å². The Morgan fingerprint density at radius 2 is 1.68 bits per heavy atom. The van der Waals surface area contributed by atoms with E-state index < -0.39 is 84.6 Å². The number of nitrogens with zero attached hydrogens (tertiary/aromatic N) is 4. The maximum Gasteiger partial charge on any atom is 0.481 e. The molecule has 25 nitrogen and oxygen atoms in total. The molecule has 0 bridgehead atoms. The van der Waals surface area contributed by atoms with Crippen LogP contribution in [0, 0.1) is 5.41 Å². The van der Waals surface area contributed by atoms with Crippen molar-refractivity contribution in [3.8, 4) is 0 Å². The molecule has 0 spiro atoms. The molecule has 29 heteroatoms. The van der Waals surface area contributed by atoms with E-state index in [1.54, 1.807) is 0 Å². The predicted molar refractivity (Wildman–Crippen MR) is 206 cm³/mol. The SMILES string of the molecule is CC(C)(COP(=O)(O)OP(=O)(O)OC[C@H]1O[C@@H](n2cnc3c(N)ncnc32)[C@H](O)[C@@H]1OP(=O)(O)O)[C@@H](O)C(=O)NCCC(=O)NCCSC(=O)NCCc1ccccc1. The number of hydrogen-bond acceptors (Lipinski definition) is 18. The molecule has 1 aliphatic rings. The highest BCUT2D eigenvalue weighted by molar-refractivity contribution is 8.13. The summed E-state index contributed by atoms with van der Waals surface area (Å²) in [4.78, 5) is 87.7. The van der Waals surface area contributed by atoms with E-state index in [9.17, 15) is 57.9 Å². The van der Waals surface area contributed by atoms with Gasteiger partial charge in [0.1, 0.15) is 36.3 Å². The van der Waals surface area contributed by atoms with Gasteiger partial charge in [0.05, 0.1) is 19.5 Å². The van der Waals surface area contributed by atoms with E-state index >= 15 is 0 Å². The van der Waals surface area contributed by atoms with Crippen molar-refractivity contribution in [2.45, 2.75) is 57.3 Å². The number of imidazole rings is 1. The number of nitrogens with one attached hydrogen (secondary N) is 3. The van der Waals surface area contributed by atoms with Crippen LogP contribution in [-0.2, 0) is 52.3 Å². The molecule has 4 rings (SSSR count). The minimum absolute atomic E-state index is 0.0288. The minimum atomic E-state index is -5.58. The average molecular weight is 915 g/mol. The standard InChI is InChI=1S/C30H45N8O17P3S/c1-30(2,24(41)27(42)33-11-9-20(39)32-12-13-59-29(43)34-10-8-18-6-4-3-5-7-18)15-52-58(49,50)55-57(47,48)51-14-19-23(54-56(44,45)46)22(40)28(53-19)38-17-37-21-25(31)35-16-36-26(21)38/h3-7,16-17,19,22-24,28,40-41H,8-15H2,1-2H3,(H,32,39)(H,33,42)(H,34,43)(H,47,48)(H,49,50)(H2,31,35,36)(H2,44,45,46)/t19-,22-,23-,24+,28-/m1/s1. The number of fused-ring (bicyclic) bond motifs is 1. The van der Waals surface area contributed by atoms with Crippen LogP contribution >= 0.6 is 35.2 Å². The molecule has 3 amide bonds. The lowest BCUT2D eigenvalue weighted by Crippen LogP contribution is -2.46. The van der Waals surface area contributed by atoms with Crippen molar-refractivity contribution in [1.82, 2.24) is 35.5 Å². The summed E-state index contributed by atoms with van der Waals surface area (Å²) in [5.74, 6) is -1.18. The number of aliphatic hydroxyl groups excluding tert-OH is 2. The fourth-order valence-electron chi connectivity index (χ4n) is 5.28. The van der Waals surface area contributed by atoms with Crippen molar-refractivity contribution in [2.75, 3.05) is 44.3 Å². The maximum absolute atomic E-state index is 12.7. The molecule has 2 unspecified atom stereocenters. The van der Waals surface area contributed by atoms with Gasteiger partial charge >= 0.3 is 23.5 Å². The first-order valence-corrected chi connectivity index (χ1v) is 22.9. The monoisotopic (exact) mass is 914 g/mol. The number of carbonyl (C=O) groups excluding carboxylic acids is 3. The first-order chi connectivity index (χ1) is 27.6.